The van der Waals surface area contributed by atoms with Crippen LogP contribution in [0.5, 0.6) is 0 Å². The third-order valence-electron chi connectivity index (χ3n) is 3.94. The van der Waals surface area contributed by atoms with Crippen molar-refractivity contribution in [2.45, 2.75) is 51.7 Å². The standard InChI is InChI=1S/C14H20F3N3/c1-3-5-11-10(2)6-4-9-20(11)13-8-7-12(18-19-13)14(15,16)17/h7-8,10-11H,3-6,9H2,1-2H3. The van der Waals surface area contributed by atoms with Crippen molar-refractivity contribution in [2.75, 3.05) is 11.4 Å². The molecule has 2 rings (SSSR count). The van der Waals surface area contributed by atoms with Crippen LogP contribution in [0.4, 0.5) is 19.0 Å². The van der Waals surface area contributed by atoms with Crippen LogP contribution in [-0.2, 0) is 6.18 Å². The Balaban J connectivity index is 2.20. The highest BCUT2D eigenvalue weighted by atomic mass is 19.4. The number of halogens is 3. The molecule has 0 bridgehead atoms. The second-order valence-electron chi connectivity index (χ2n) is 5.44. The largest absolute Gasteiger partial charge is 0.435 e. The topological polar surface area (TPSA) is 29.0 Å². The summed E-state index contributed by atoms with van der Waals surface area (Å²) in [5, 5.41) is 7.12. The zero-order valence-corrected chi connectivity index (χ0v) is 11.8. The molecule has 0 spiro atoms. The van der Waals surface area contributed by atoms with Gasteiger partial charge in [0.2, 0.25) is 0 Å². The molecule has 0 radical (unpaired) electrons. The van der Waals surface area contributed by atoms with Crippen LogP contribution < -0.4 is 4.90 Å². The van der Waals surface area contributed by atoms with Gasteiger partial charge in [0.15, 0.2) is 11.5 Å². The first-order valence-electron chi connectivity index (χ1n) is 7.11. The number of alkyl halides is 3. The van der Waals surface area contributed by atoms with Crippen molar-refractivity contribution in [2.24, 2.45) is 5.92 Å². The molecule has 3 nitrogen and oxygen atoms in total. The average Bonchev–Trinajstić information content (AvgIpc) is 2.40. The fourth-order valence-corrected chi connectivity index (χ4v) is 2.90. The van der Waals surface area contributed by atoms with Crippen LogP contribution in [0.1, 0.15) is 45.2 Å². The van der Waals surface area contributed by atoms with Gasteiger partial charge in [-0.3, -0.25) is 0 Å². The molecule has 2 atom stereocenters. The summed E-state index contributed by atoms with van der Waals surface area (Å²) >= 11 is 0. The van der Waals surface area contributed by atoms with E-state index < -0.39 is 11.9 Å². The molecule has 0 saturated carbocycles. The quantitative estimate of drug-likeness (QED) is 0.844. The van der Waals surface area contributed by atoms with Crippen molar-refractivity contribution >= 4 is 5.82 Å². The number of hydrogen-bond acceptors (Lipinski definition) is 3. The van der Waals surface area contributed by atoms with Gasteiger partial charge in [-0.05, 0) is 37.3 Å². The van der Waals surface area contributed by atoms with E-state index in [9.17, 15) is 13.2 Å². The predicted octanol–water partition coefficient (Wildman–Crippen LogP) is 3.90. The highest BCUT2D eigenvalue weighted by molar-refractivity contribution is 5.40. The maximum Gasteiger partial charge on any atom is 0.435 e. The minimum Gasteiger partial charge on any atom is -0.352 e. The van der Waals surface area contributed by atoms with Gasteiger partial charge in [-0.25, -0.2) is 0 Å². The minimum absolute atomic E-state index is 0.347. The fraction of sp³-hybridized carbons (Fsp3) is 0.714. The van der Waals surface area contributed by atoms with Gasteiger partial charge >= 0.3 is 6.18 Å². The van der Waals surface area contributed by atoms with E-state index in [0.717, 1.165) is 38.3 Å². The molecule has 0 aromatic carbocycles. The van der Waals surface area contributed by atoms with Crippen molar-refractivity contribution in [1.82, 2.24) is 10.2 Å². The third kappa shape index (κ3) is 3.22. The van der Waals surface area contributed by atoms with Crippen LogP contribution in [0.15, 0.2) is 12.1 Å². The van der Waals surface area contributed by atoms with E-state index in [1.807, 2.05) is 0 Å². The van der Waals surface area contributed by atoms with E-state index in [2.05, 4.69) is 28.9 Å². The van der Waals surface area contributed by atoms with Gasteiger partial charge in [0, 0.05) is 12.6 Å². The summed E-state index contributed by atoms with van der Waals surface area (Å²) in [6.07, 6.45) is -0.133. The second kappa shape index (κ2) is 5.97. The molecule has 1 saturated heterocycles. The Morgan fingerprint density at radius 1 is 1.30 bits per heavy atom. The van der Waals surface area contributed by atoms with Crippen molar-refractivity contribution in [3.05, 3.63) is 17.8 Å². The third-order valence-corrected chi connectivity index (χ3v) is 3.94. The summed E-state index contributed by atoms with van der Waals surface area (Å²) in [5.41, 5.74) is -0.932. The van der Waals surface area contributed by atoms with Crippen LogP contribution >= 0.6 is 0 Å². The molecule has 2 unspecified atom stereocenters. The second-order valence-corrected chi connectivity index (χ2v) is 5.44. The van der Waals surface area contributed by atoms with Gasteiger partial charge in [0.05, 0.1) is 0 Å². The number of rotatable bonds is 3. The van der Waals surface area contributed by atoms with E-state index in [4.69, 9.17) is 0 Å². The average molecular weight is 287 g/mol. The van der Waals surface area contributed by atoms with Crippen molar-refractivity contribution in [3.8, 4) is 0 Å². The van der Waals surface area contributed by atoms with Crippen LogP contribution in [0, 0.1) is 5.92 Å². The zero-order chi connectivity index (χ0) is 14.8. The Morgan fingerprint density at radius 3 is 2.60 bits per heavy atom. The minimum atomic E-state index is -4.43. The molecular formula is C14H20F3N3. The lowest BCUT2D eigenvalue weighted by molar-refractivity contribution is -0.141. The first-order valence-corrected chi connectivity index (χ1v) is 7.11. The molecule has 0 N–H and O–H groups in total. The van der Waals surface area contributed by atoms with E-state index in [0.29, 0.717) is 17.8 Å². The Kier molecular flexibility index (Phi) is 4.50. The monoisotopic (exact) mass is 287 g/mol. The molecule has 1 aliphatic rings. The van der Waals surface area contributed by atoms with E-state index in [1.165, 1.54) is 6.07 Å². The molecule has 0 aliphatic carbocycles. The molecule has 1 fully saturated rings. The molecule has 20 heavy (non-hydrogen) atoms. The van der Waals surface area contributed by atoms with Crippen LogP contribution in [0.2, 0.25) is 0 Å². The Hall–Kier alpha value is -1.33. The Labute approximate surface area is 117 Å². The smallest absolute Gasteiger partial charge is 0.352 e. The van der Waals surface area contributed by atoms with E-state index in [1.54, 1.807) is 0 Å². The first-order chi connectivity index (χ1) is 9.43. The van der Waals surface area contributed by atoms with E-state index >= 15 is 0 Å². The summed E-state index contributed by atoms with van der Waals surface area (Å²) in [6, 6.07) is 2.81. The predicted molar refractivity (Wildman–Crippen MR) is 71.5 cm³/mol. The normalized spacial score (nSPS) is 23.9. The molecule has 6 heteroatoms. The lowest BCUT2D eigenvalue weighted by atomic mass is 9.88. The molecule has 2 heterocycles. The number of aromatic nitrogens is 2. The fourth-order valence-electron chi connectivity index (χ4n) is 2.90. The Morgan fingerprint density at radius 2 is 2.05 bits per heavy atom. The first kappa shape index (κ1) is 15.1. The van der Waals surface area contributed by atoms with Crippen LogP contribution in [0.25, 0.3) is 0 Å². The maximum absolute atomic E-state index is 12.5. The number of piperidine rings is 1. The summed E-state index contributed by atoms with van der Waals surface area (Å²) in [6.45, 7) is 5.16. The molecule has 112 valence electrons. The molecule has 1 aliphatic heterocycles. The lowest BCUT2D eigenvalue weighted by Crippen LogP contribution is -2.45. The lowest BCUT2D eigenvalue weighted by Gasteiger charge is -2.40. The van der Waals surface area contributed by atoms with Crippen LogP contribution in [-0.4, -0.2) is 22.8 Å². The van der Waals surface area contributed by atoms with Gasteiger partial charge < -0.3 is 4.90 Å². The molecular weight excluding hydrogens is 267 g/mol. The molecule has 0 amide bonds. The molecule has 1 aromatic rings. The van der Waals surface area contributed by atoms with Crippen molar-refractivity contribution in [3.63, 3.8) is 0 Å². The summed E-state index contributed by atoms with van der Waals surface area (Å²) in [7, 11) is 0. The number of hydrogen-bond donors (Lipinski definition) is 0. The van der Waals surface area contributed by atoms with Gasteiger partial charge in [-0.1, -0.05) is 20.3 Å². The zero-order valence-electron chi connectivity index (χ0n) is 11.8. The SMILES string of the molecule is CCCC1C(C)CCCN1c1ccc(C(F)(F)F)nn1. The van der Waals surface area contributed by atoms with Gasteiger partial charge in [0.1, 0.15) is 0 Å². The number of anilines is 1. The van der Waals surface area contributed by atoms with Gasteiger partial charge in [-0.2, -0.15) is 13.2 Å². The number of nitrogens with zero attached hydrogens (tertiary/aromatic N) is 3. The summed E-state index contributed by atoms with van der Waals surface area (Å²) < 4.78 is 37.5. The van der Waals surface area contributed by atoms with Crippen molar-refractivity contribution < 1.29 is 13.2 Å². The highest BCUT2D eigenvalue weighted by Crippen LogP contribution is 2.31. The van der Waals surface area contributed by atoms with E-state index in [-0.39, 0.29) is 0 Å². The maximum atomic E-state index is 12.5. The molecule has 1 aromatic heterocycles. The van der Waals surface area contributed by atoms with Gasteiger partial charge in [0.25, 0.3) is 0 Å². The summed E-state index contributed by atoms with van der Waals surface area (Å²) in [4.78, 5) is 2.12. The Bertz CT molecular complexity index is 430. The van der Waals surface area contributed by atoms with Gasteiger partial charge in [-0.15, -0.1) is 10.2 Å². The summed E-state index contributed by atoms with van der Waals surface area (Å²) in [5.74, 6) is 1.09. The highest BCUT2D eigenvalue weighted by Gasteiger charge is 2.34. The van der Waals surface area contributed by atoms with Crippen LogP contribution in [0.3, 0.4) is 0 Å². The van der Waals surface area contributed by atoms with Crippen molar-refractivity contribution in [1.29, 1.82) is 0 Å².